The Kier molecular flexibility index (Phi) is 3.13. The molecule has 2 heterocycles. The van der Waals surface area contributed by atoms with E-state index in [-0.39, 0.29) is 12.5 Å². The van der Waals surface area contributed by atoms with Gasteiger partial charge in [0.2, 0.25) is 0 Å². The summed E-state index contributed by atoms with van der Waals surface area (Å²) in [6, 6.07) is 3.56. The van der Waals surface area contributed by atoms with Crippen LogP contribution in [0, 0.1) is 0 Å². The largest absolute Gasteiger partial charge is 0.367 e. The van der Waals surface area contributed by atoms with E-state index in [1.807, 2.05) is 0 Å². The van der Waals surface area contributed by atoms with Crippen LogP contribution in [0.15, 0.2) is 18.3 Å². The van der Waals surface area contributed by atoms with Crippen LogP contribution in [0.4, 0.5) is 0 Å². The second kappa shape index (κ2) is 4.45. The zero-order chi connectivity index (χ0) is 13.3. The van der Waals surface area contributed by atoms with Gasteiger partial charge in [0.05, 0.1) is 13.2 Å². The van der Waals surface area contributed by atoms with Crippen molar-refractivity contribution in [2.45, 2.75) is 12.5 Å². The fraction of sp³-hybridized carbons (Fsp3) is 0.500. The van der Waals surface area contributed by atoms with Gasteiger partial charge >= 0.3 is 0 Å². The van der Waals surface area contributed by atoms with Crippen LogP contribution in [-0.4, -0.2) is 46.6 Å². The van der Waals surface area contributed by atoms with Gasteiger partial charge in [-0.05, 0) is 19.1 Å². The predicted molar refractivity (Wildman–Crippen MR) is 64.9 cm³/mol. The minimum atomic E-state index is -1.10. The molecular formula is C12H17N3O3. The second-order valence-corrected chi connectivity index (χ2v) is 4.67. The third-order valence-corrected chi connectivity index (χ3v) is 3.25. The van der Waals surface area contributed by atoms with Gasteiger partial charge in [-0.3, -0.25) is 9.59 Å². The highest BCUT2D eigenvalue weighted by Gasteiger charge is 2.39. The minimum absolute atomic E-state index is 0.113. The van der Waals surface area contributed by atoms with Crippen molar-refractivity contribution in [3.8, 4) is 0 Å². The number of aryl methyl sites for hydroxylation is 1. The summed E-state index contributed by atoms with van der Waals surface area (Å²) in [4.78, 5) is 25.2. The number of hydrogen-bond donors (Lipinski definition) is 1. The molecule has 0 saturated carbocycles. The van der Waals surface area contributed by atoms with Crippen molar-refractivity contribution in [1.82, 2.24) is 9.47 Å². The lowest BCUT2D eigenvalue weighted by molar-refractivity contribution is -0.150. The first-order valence-corrected chi connectivity index (χ1v) is 5.78. The topological polar surface area (TPSA) is 77.6 Å². The van der Waals surface area contributed by atoms with Gasteiger partial charge in [0.25, 0.3) is 11.8 Å². The molecule has 1 aliphatic heterocycles. The molecule has 0 aromatic carbocycles. The summed E-state index contributed by atoms with van der Waals surface area (Å²) in [5, 5.41) is 0. The molecule has 1 aromatic heterocycles. The summed E-state index contributed by atoms with van der Waals surface area (Å²) in [6.45, 7) is 2.58. The molecule has 0 unspecified atom stereocenters. The number of carbonyl (C=O) groups is 2. The van der Waals surface area contributed by atoms with Gasteiger partial charge in [-0.2, -0.15) is 0 Å². The third-order valence-electron chi connectivity index (χ3n) is 3.25. The standard InChI is InChI=1S/C12H17N3O3/c1-12(11(13)17)8-15(6-7-18-12)10(16)9-4-3-5-14(9)2/h3-5H,6-8H2,1-2H3,(H2,13,17)/t12-/m0/s1. The highest BCUT2D eigenvalue weighted by molar-refractivity contribution is 5.93. The number of morpholine rings is 1. The Morgan fingerprint density at radius 3 is 2.78 bits per heavy atom. The monoisotopic (exact) mass is 251 g/mol. The van der Waals surface area contributed by atoms with Gasteiger partial charge in [0, 0.05) is 19.8 Å². The van der Waals surface area contributed by atoms with Crippen molar-refractivity contribution >= 4 is 11.8 Å². The molecule has 0 bridgehead atoms. The zero-order valence-corrected chi connectivity index (χ0v) is 10.5. The molecule has 2 rings (SSSR count). The lowest BCUT2D eigenvalue weighted by Crippen LogP contribution is -2.58. The van der Waals surface area contributed by atoms with Crippen molar-refractivity contribution in [3.63, 3.8) is 0 Å². The fourth-order valence-electron chi connectivity index (χ4n) is 2.04. The smallest absolute Gasteiger partial charge is 0.270 e. The lowest BCUT2D eigenvalue weighted by Gasteiger charge is -2.38. The fourth-order valence-corrected chi connectivity index (χ4v) is 2.04. The maximum absolute atomic E-state index is 12.3. The molecule has 18 heavy (non-hydrogen) atoms. The van der Waals surface area contributed by atoms with Gasteiger partial charge in [-0.25, -0.2) is 0 Å². The Morgan fingerprint density at radius 2 is 2.22 bits per heavy atom. The Morgan fingerprint density at radius 1 is 1.50 bits per heavy atom. The normalized spacial score (nSPS) is 24.0. The Bertz CT molecular complexity index is 483. The molecule has 0 aliphatic carbocycles. The number of rotatable bonds is 2. The third kappa shape index (κ3) is 2.11. The van der Waals surface area contributed by atoms with Crippen LogP contribution in [0.3, 0.4) is 0 Å². The van der Waals surface area contributed by atoms with Crippen molar-refractivity contribution in [1.29, 1.82) is 0 Å². The molecule has 2 amide bonds. The predicted octanol–water partition coefficient (Wildman–Crippen LogP) is -0.258. The number of nitrogens with zero attached hydrogens (tertiary/aromatic N) is 2. The van der Waals surface area contributed by atoms with Crippen molar-refractivity contribution in [3.05, 3.63) is 24.0 Å². The summed E-state index contributed by atoms with van der Waals surface area (Å²) in [5.41, 5.74) is 4.79. The van der Waals surface area contributed by atoms with Crippen LogP contribution < -0.4 is 5.73 Å². The van der Waals surface area contributed by atoms with E-state index in [2.05, 4.69) is 0 Å². The van der Waals surface area contributed by atoms with Crippen LogP contribution in [0.1, 0.15) is 17.4 Å². The van der Waals surface area contributed by atoms with Gasteiger partial charge in [-0.1, -0.05) is 0 Å². The quantitative estimate of drug-likeness (QED) is 0.786. The van der Waals surface area contributed by atoms with Crippen LogP contribution in [0.2, 0.25) is 0 Å². The lowest BCUT2D eigenvalue weighted by atomic mass is 10.0. The number of hydrogen-bond acceptors (Lipinski definition) is 3. The van der Waals surface area contributed by atoms with E-state index in [0.29, 0.717) is 18.8 Å². The summed E-state index contributed by atoms with van der Waals surface area (Å²) in [6.07, 6.45) is 1.81. The van der Waals surface area contributed by atoms with E-state index in [1.54, 1.807) is 41.8 Å². The average molecular weight is 251 g/mol. The zero-order valence-electron chi connectivity index (χ0n) is 10.5. The summed E-state index contributed by atoms with van der Waals surface area (Å²) < 4.78 is 7.13. The Labute approximate surface area is 105 Å². The van der Waals surface area contributed by atoms with Crippen LogP contribution >= 0.6 is 0 Å². The molecule has 1 aromatic rings. The Balaban J connectivity index is 2.17. The minimum Gasteiger partial charge on any atom is -0.367 e. The second-order valence-electron chi connectivity index (χ2n) is 4.67. The van der Waals surface area contributed by atoms with E-state index >= 15 is 0 Å². The summed E-state index contributed by atoms with van der Waals surface area (Å²) >= 11 is 0. The number of ether oxygens (including phenoxy) is 1. The van der Waals surface area contributed by atoms with Crippen molar-refractivity contribution in [2.75, 3.05) is 19.7 Å². The van der Waals surface area contributed by atoms with Gasteiger partial charge in [-0.15, -0.1) is 0 Å². The number of carbonyl (C=O) groups excluding carboxylic acids is 2. The average Bonchev–Trinajstić information content (AvgIpc) is 2.74. The van der Waals surface area contributed by atoms with Crippen molar-refractivity contribution in [2.24, 2.45) is 12.8 Å². The maximum atomic E-state index is 12.3. The molecule has 2 N–H and O–H groups in total. The van der Waals surface area contributed by atoms with Gasteiger partial charge in [0.1, 0.15) is 5.69 Å². The highest BCUT2D eigenvalue weighted by Crippen LogP contribution is 2.19. The maximum Gasteiger partial charge on any atom is 0.270 e. The molecule has 6 nitrogen and oxygen atoms in total. The van der Waals surface area contributed by atoms with E-state index in [0.717, 1.165) is 0 Å². The number of aromatic nitrogens is 1. The molecule has 1 fully saturated rings. The van der Waals surface area contributed by atoms with Crippen LogP contribution in [-0.2, 0) is 16.6 Å². The summed E-state index contributed by atoms with van der Waals surface area (Å²) in [7, 11) is 1.81. The molecule has 1 aliphatic rings. The first-order valence-electron chi connectivity index (χ1n) is 5.78. The van der Waals surface area contributed by atoms with Crippen LogP contribution in [0.5, 0.6) is 0 Å². The highest BCUT2D eigenvalue weighted by atomic mass is 16.5. The van der Waals surface area contributed by atoms with E-state index < -0.39 is 11.5 Å². The number of amides is 2. The molecule has 0 spiro atoms. The molecule has 1 saturated heterocycles. The van der Waals surface area contributed by atoms with E-state index in [1.165, 1.54) is 0 Å². The molecule has 1 atom stereocenters. The van der Waals surface area contributed by atoms with Crippen molar-refractivity contribution < 1.29 is 14.3 Å². The first-order chi connectivity index (χ1) is 8.44. The number of primary amides is 1. The van der Waals surface area contributed by atoms with E-state index in [9.17, 15) is 9.59 Å². The Hall–Kier alpha value is -1.82. The van der Waals surface area contributed by atoms with Gasteiger partial charge < -0.3 is 19.9 Å². The molecule has 98 valence electrons. The van der Waals surface area contributed by atoms with E-state index in [4.69, 9.17) is 10.5 Å². The molecular weight excluding hydrogens is 234 g/mol. The summed E-state index contributed by atoms with van der Waals surface area (Å²) in [5.74, 6) is -0.662. The van der Waals surface area contributed by atoms with Gasteiger partial charge in [0.15, 0.2) is 5.60 Å². The molecule has 6 heteroatoms. The molecule has 0 radical (unpaired) electrons. The van der Waals surface area contributed by atoms with Crippen LogP contribution in [0.25, 0.3) is 0 Å². The first kappa shape index (κ1) is 12.6. The number of nitrogens with two attached hydrogens (primary N) is 1. The SMILES string of the molecule is Cn1cccc1C(=O)N1CCO[C@](C)(C(N)=O)C1.